The van der Waals surface area contributed by atoms with Gasteiger partial charge in [-0.05, 0) is 30.9 Å². The topological polar surface area (TPSA) is 44.5 Å². The van der Waals surface area contributed by atoms with Crippen LogP contribution in [0.25, 0.3) is 0 Å². The van der Waals surface area contributed by atoms with Crippen molar-refractivity contribution in [3.63, 3.8) is 0 Å². The minimum atomic E-state index is -0.597. The van der Waals surface area contributed by atoms with Gasteiger partial charge in [-0.15, -0.1) is 0 Å². The minimum absolute atomic E-state index is 0.574. The van der Waals surface area contributed by atoms with Crippen molar-refractivity contribution in [3.05, 3.63) is 35.4 Å². The third kappa shape index (κ3) is 2.76. The van der Waals surface area contributed by atoms with E-state index in [1.165, 1.54) is 37.7 Å². The van der Waals surface area contributed by atoms with Gasteiger partial charge in [-0.25, -0.2) is 0 Å². The van der Waals surface area contributed by atoms with Crippen molar-refractivity contribution < 1.29 is 9.47 Å². The molecule has 1 saturated carbocycles. The van der Waals surface area contributed by atoms with Gasteiger partial charge in [-0.2, -0.15) is 0 Å². The molecule has 0 amide bonds. The molecule has 20 heavy (non-hydrogen) atoms. The first-order chi connectivity index (χ1) is 9.84. The van der Waals surface area contributed by atoms with Gasteiger partial charge in [-0.3, -0.25) is 0 Å². The zero-order valence-electron chi connectivity index (χ0n) is 12.1. The Balaban J connectivity index is 1.77. The van der Waals surface area contributed by atoms with Crippen LogP contribution in [-0.4, -0.2) is 19.8 Å². The molecule has 0 radical (unpaired) electrons. The van der Waals surface area contributed by atoms with Crippen molar-refractivity contribution in [2.45, 2.75) is 50.2 Å². The van der Waals surface area contributed by atoms with E-state index in [9.17, 15) is 0 Å². The Kier molecular flexibility index (Phi) is 4.39. The van der Waals surface area contributed by atoms with Crippen molar-refractivity contribution in [3.8, 4) is 0 Å². The van der Waals surface area contributed by atoms with Gasteiger partial charge < -0.3 is 15.2 Å². The first-order valence-corrected chi connectivity index (χ1v) is 7.92. The van der Waals surface area contributed by atoms with Crippen LogP contribution < -0.4 is 5.73 Å². The van der Waals surface area contributed by atoms with Gasteiger partial charge >= 0.3 is 0 Å². The zero-order valence-corrected chi connectivity index (χ0v) is 12.1. The number of rotatable bonds is 4. The standard InChI is InChI=1S/C17H25NO2/c18-11-10-17(19-12-13-20-17)16-8-6-15(7-9-16)14-4-2-1-3-5-14/h6-9,14H,1-5,10-13,18H2. The van der Waals surface area contributed by atoms with Crippen LogP contribution in [0.4, 0.5) is 0 Å². The molecular weight excluding hydrogens is 250 g/mol. The minimum Gasteiger partial charge on any atom is -0.343 e. The SMILES string of the molecule is NCCC1(c2ccc(C3CCCCC3)cc2)OCCO1. The summed E-state index contributed by atoms with van der Waals surface area (Å²) in [5.41, 5.74) is 8.30. The molecule has 1 aromatic carbocycles. The molecule has 110 valence electrons. The lowest BCUT2D eigenvalue weighted by atomic mass is 9.83. The molecule has 0 atom stereocenters. The summed E-state index contributed by atoms with van der Waals surface area (Å²) in [7, 11) is 0. The average molecular weight is 275 g/mol. The van der Waals surface area contributed by atoms with E-state index in [0.29, 0.717) is 19.8 Å². The number of nitrogens with two attached hydrogens (primary N) is 1. The van der Waals surface area contributed by atoms with Gasteiger partial charge in [0.05, 0.1) is 13.2 Å². The van der Waals surface area contributed by atoms with Crippen LogP contribution in [0, 0.1) is 0 Å². The van der Waals surface area contributed by atoms with Crippen LogP contribution in [0.1, 0.15) is 55.6 Å². The Morgan fingerprint density at radius 3 is 2.25 bits per heavy atom. The van der Waals surface area contributed by atoms with Gasteiger partial charge in [0.25, 0.3) is 0 Å². The smallest absolute Gasteiger partial charge is 0.196 e. The Hall–Kier alpha value is -0.900. The van der Waals surface area contributed by atoms with E-state index < -0.39 is 5.79 Å². The highest BCUT2D eigenvalue weighted by molar-refractivity contribution is 5.29. The first-order valence-electron chi connectivity index (χ1n) is 7.92. The first kappa shape index (κ1) is 14.1. The molecule has 2 fully saturated rings. The summed E-state index contributed by atoms with van der Waals surface area (Å²) < 4.78 is 11.7. The Bertz CT molecular complexity index is 417. The fourth-order valence-electron chi connectivity index (χ4n) is 3.55. The van der Waals surface area contributed by atoms with E-state index in [2.05, 4.69) is 24.3 Å². The van der Waals surface area contributed by atoms with Gasteiger partial charge in [0.1, 0.15) is 0 Å². The number of benzene rings is 1. The number of ether oxygens (including phenoxy) is 2. The maximum atomic E-state index is 5.85. The molecule has 3 nitrogen and oxygen atoms in total. The highest BCUT2D eigenvalue weighted by Gasteiger charge is 2.37. The Morgan fingerprint density at radius 1 is 1.00 bits per heavy atom. The quantitative estimate of drug-likeness (QED) is 0.917. The van der Waals surface area contributed by atoms with E-state index in [0.717, 1.165) is 17.9 Å². The maximum absolute atomic E-state index is 5.85. The molecule has 2 aliphatic rings. The van der Waals surface area contributed by atoms with Crippen LogP contribution in [0.5, 0.6) is 0 Å². The van der Waals surface area contributed by atoms with Gasteiger partial charge in [-0.1, -0.05) is 43.5 Å². The van der Waals surface area contributed by atoms with Crippen LogP contribution in [0.3, 0.4) is 0 Å². The molecular formula is C17H25NO2. The Morgan fingerprint density at radius 2 is 1.65 bits per heavy atom. The van der Waals surface area contributed by atoms with E-state index >= 15 is 0 Å². The van der Waals surface area contributed by atoms with Crippen LogP contribution in [0.15, 0.2) is 24.3 Å². The molecule has 1 aliphatic carbocycles. The second kappa shape index (κ2) is 6.25. The highest BCUT2D eigenvalue weighted by Crippen LogP contribution is 2.37. The summed E-state index contributed by atoms with van der Waals surface area (Å²) >= 11 is 0. The zero-order chi connectivity index (χ0) is 13.8. The predicted molar refractivity (Wildman–Crippen MR) is 79.5 cm³/mol. The van der Waals surface area contributed by atoms with Crippen molar-refractivity contribution in [2.75, 3.05) is 19.8 Å². The van der Waals surface area contributed by atoms with Crippen molar-refractivity contribution in [1.29, 1.82) is 0 Å². The average Bonchev–Trinajstić information content (AvgIpc) is 2.99. The molecule has 2 N–H and O–H groups in total. The van der Waals surface area contributed by atoms with Gasteiger partial charge in [0, 0.05) is 12.0 Å². The summed E-state index contributed by atoms with van der Waals surface area (Å²) in [5, 5.41) is 0. The molecule has 0 spiro atoms. The van der Waals surface area contributed by atoms with Crippen LogP contribution in [0.2, 0.25) is 0 Å². The normalized spacial score (nSPS) is 23.1. The molecule has 1 aromatic rings. The number of hydrogen-bond acceptors (Lipinski definition) is 3. The second-order valence-corrected chi connectivity index (χ2v) is 5.95. The largest absolute Gasteiger partial charge is 0.343 e. The number of hydrogen-bond donors (Lipinski definition) is 1. The lowest BCUT2D eigenvalue weighted by Gasteiger charge is -2.28. The molecule has 3 rings (SSSR count). The molecule has 1 saturated heterocycles. The second-order valence-electron chi connectivity index (χ2n) is 5.95. The van der Waals surface area contributed by atoms with E-state index in [1.807, 2.05) is 0 Å². The monoisotopic (exact) mass is 275 g/mol. The lowest BCUT2D eigenvalue weighted by molar-refractivity contribution is -0.168. The highest BCUT2D eigenvalue weighted by atomic mass is 16.7. The van der Waals surface area contributed by atoms with Gasteiger partial charge in [0.2, 0.25) is 0 Å². The molecule has 0 unspecified atom stereocenters. The molecule has 0 aromatic heterocycles. The van der Waals surface area contributed by atoms with Crippen LogP contribution in [-0.2, 0) is 15.3 Å². The fraction of sp³-hybridized carbons (Fsp3) is 0.647. The summed E-state index contributed by atoms with van der Waals surface area (Å²) in [4.78, 5) is 0. The third-order valence-electron chi connectivity index (χ3n) is 4.65. The summed E-state index contributed by atoms with van der Waals surface area (Å²) in [6.07, 6.45) is 7.53. The van der Waals surface area contributed by atoms with Crippen molar-refractivity contribution in [1.82, 2.24) is 0 Å². The van der Waals surface area contributed by atoms with Crippen LogP contribution >= 0.6 is 0 Å². The molecule has 0 bridgehead atoms. The molecule has 1 aliphatic heterocycles. The van der Waals surface area contributed by atoms with E-state index in [1.54, 1.807) is 0 Å². The van der Waals surface area contributed by atoms with E-state index in [4.69, 9.17) is 15.2 Å². The summed E-state index contributed by atoms with van der Waals surface area (Å²) in [6, 6.07) is 8.86. The van der Waals surface area contributed by atoms with Gasteiger partial charge in [0.15, 0.2) is 5.79 Å². The maximum Gasteiger partial charge on any atom is 0.196 e. The molecule has 3 heteroatoms. The Labute approximate surface area is 121 Å². The van der Waals surface area contributed by atoms with Crippen molar-refractivity contribution in [2.24, 2.45) is 5.73 Å². The van der Waals surface area contributed by atoms with Crippen molar-refractivity contribution >= 4 is 0 Å². The third-order valence-corrected chi connectivity index (χ3v) is 4.65. The lowest BCUT2D eigenvalue weighted by Crippen LogP contribution is -2.30. The summed E-state index contributed by atoms with van der Waals surface area (Å²) in [6.45, 7) is 1.89. The van der Waals surface area contributed by atoms with E-state index in [-0.39, 0.29) is 0 Å². The fourth-order valence-corrected chi connectivity index (χ4v) is 3.55. The summed E-state index contributed by atoms with van der Waals surface area (Å²) in [5.74, 6) is 0.147. The predicted octanol–water partition coefficient (Wildman–Crippen LogP) is 3.28. The molecule has 1 heterocycles.